The highest BCUT2D eigenvalue weighted by Crippen LogP contribution is 2.30. The lowest BCUT2D eigenvalue weighted by Crippen LogP contribution is -2.21. The van der Waals surface area contributed by atoms with Gasteiger partial charge in [0.15, 0.2) is 0 Å². The van der Waals surface area contributed by atoms with Crippen LogP contribution in [0.2, 0.25) is 0 Å². The number of rotatable bonds is 4. The molecule has 1 aromatic rings. The minimum absolute atomic E-state index is 0.0504. The van der Waals surface area contributed by atoms with Gasteiger partial charge >= 0.3 is 5.97 Å². The van der Waals surface area contributed by atoms with Gasteiger partial charge in [0.1, 0.15) is 5.70 Å². The van der Waals surface area contributed by atoms with E-state index in [9.17, 15) is 9.59 Å². The predicted molar refractivity (Wildman–Crippen MR) is 71.2 cm³/mol. The first kappa shape index (κ1) is 13.9. The lowest BCUT2D eigenvalue weighted by molar-refractivity contribution is -0.137. The molecule has 17 heavy (non-hydrogen) atoms. The van der Waals surface area contributed by atoms with Gasteiger partial charge in [0.05, 0.1) is 11.6 Å². The predicted octanol–water partition coefficient (Wildman–Crippen LogP) is 2.43. The van der Waals surface area contributed by atoms with Crippen LogP contribution < -0.4 is 5.32 Å². The zero-order valence-corrected chi connectivity index (χ0v) is 12.0. The number of hydrogen-bond donors (Lipinski definition) is 1. The number of methoxy groups -OCH3 is 1. The second-order valence-corrected chi connectivity index (χ2v) is 4.57. The van der Waals surface area contributed by atoms with Gasteiger partial charge in [-0.1, -0.05) is 34.1 Å². The number of nitrogens with one attached hydrogen (secondary N) is 1. The third-order valence-electron chi connectivity index (χ3n) is 1.92. The Kier molecular flexibility index (Phi) is 5.37. The van der Waals surface area contributed by atoms with Gasteiger partial charge in [0, 0.05) is 10.0 Å². The molecule has 1 aromatic carbocycles. The number of benzene rings is 1. The minimum Gasteiger partial charge on any atom is -0.464 e. The number of hydrogen-bond acceptors (Lipinski definition) is 3. The Labute approximate surface area is 115 Å². The summed E-state index contributed by atoms with van der Waals surface area (Å²) < 4.78 is 5.82. The summed E-state index contributed by atoms with van der Waals surface area (Å²) in [5, 5.41) is 2.32. The number of amides is 1. The standard InChI is InChI=1S/C11H9Br2NO3/c1-17-11(16)10(14-6-15)9(13)7-4-2-3-5-8(7)12/h2-6H,1H3,(H,14,15)/b10-9+. The fourth-order valence-corrected chi connectivity index (χ4v) is 2.52. The van der Waals surface area contributed by atoms with Crippen LogP contribution in [-0.2, 0) is 14.3 Å². The summed E-state index contributed by atoms with van der Waals surface area (Å²) in [7, 11) is 1.25. The molecule has 1 N–H and O–H groups in total. The zero-order chi connectivity index (χ0) is 12.8. The first-order valence-electron chi connectivity index (χ1n) is 4.55. The van der Waals surface area contributed by atoms with E-state index in [0.29, 0.717) is 10.9 Å². The lowest BCUT2D eigenvalue weighted by Gasteiger charge is -2.09. The summed E-state index contributed by atoms with van der Waals surface area (Å²) >= 11 is 6.63. The van der Waals surface area contributed by atoms with Gasteiger partial charge in [-0.25, -0.2) is 4.79 Å². The van der Waals surface area contributed by atoms with Crippen molar-refractivity contribution in [3.05, 3.63) is 40.0 Å². The highest BCUT2D eigenvalue weighted by Gasteiger charge is 2.16. The molecule has 0 radical (unpaired) electrons. The molecule has 0 aliphatic carbocycles. The van der Waals surface area contributed by atoms with E-state index < -0.39 is 5.97 Å². The second-order valence-electron chi connectivity index (χ2n) is 2.92. The summed E-state index contributed by atoms with van der Waals surface area (Å²) in [6, 6.07) is 7.28. The van der Waals surface area contributed by atoms with Crippen LogP contribution in [0.15, 0.2) is 34.4 Å². The molecule has 0 saturated carbocycles. The molecule has 1 rings (SSSR count). The van der Waals surface area contributed by atoms with E-state index in [1.165, 1.54) is 7.11 Å². The Balaban J connectivity index is 3.28. The van der Waals surface area contributed by atoms with E-state index in [0.717, 1.165) is 10.0 Å². The first-order valence-corrected chi connectivity index (χ1v) is 6.13. The number of esters is 1. The van der Waals surface area contributed by atoms with Crippen LogP contribution in [0.25, 0.3) is 4.48 Å². The minimum atomic E-state index is -0.625. The van der Waals surface area contributed by atoms with E-state index in [2.05, 4.69) is 41.9 Å². The lowest BCUT2D eigenvalue weighted by atomic mass is 10.2. The molecule has 0 saturated heterocycles. The Bertz CT molecular complexity index is 472. The van der Waals surface area contributed by atoms with E-state index in [-0.39, 0.29) is 5.70 Å². The molecule has 90 valence electrons. The fourth-order valence-electron chi connectivity index (χ4n) is 1.15. The topological polar surface area (TPSA) is 55.4 Å². The van der Waals surface area contributed by atoms with Crippen LogP contribution in [-0.4, -0.2) is 19.5 Å². The fraction of sp³-hybridized carbons (Fsp3) is 0.0909. The maximum absolute atomic E-state index is 11.5. The first-order chi connectivity index (χ1) is 8.11. The van der Waals surface area contributed by atoms with Crippen LogP contribution in [0.4, 0.5) is 0 Å². The molecule has 0 atom stereocenters. The zero-order valence-electron chi connectivity index (χ0n) is 8.87. The van der Waals surface area contributed by atoms with Gasteiger partial charge < -0.3 is 10.1 Å². The van der Waals surface area contributed by atoms with Gasteiger partial charge in [-0.15, -0.1) is 0 Å². The Morgan fingerprint density at radius 1 is 1.41 bits per heavy atom. The monoisotopic (exact) mass is 361 g/mol. The molecule has 0 unspecified atom stereocenters. The van der Waals surface area contributed by atoms with Gasteiger partial charge in [0.25, 0.3) is 0 Å². The molecule has 0 aliphatic rings. The quantitative estimate of drug-likeness (QED) is 0.508. The molecule has 6 heteroatoms. The average Bonchev–Trinajstić information content (AvgIpc) is 2.35. The number of carbonyl (C=O) groups is 2. The molecule has 0 bridgehead atoms. The van der Waals surface area contributed by atoms with Gasteiger partial charge in [-0.05, 0) is 22.0 Å². The van der Waals surface area contributed by atoms with E-state index in [1.807, 2.05) is 18.2 Å². The SMILES string of the molecule is COC(=O)/C(NC=O)=C(\Br)c1ccccc1Br. The largest absolute Gasteiger partial charge is 0.464 e. The average molecular weight is 363 g/mol. The van der Waals surface area contributed by atoms with Crippen molar-refractivity contribution in [2.45, 2.75) is 0 Å². The van der Waals surface area contributed by atoms with E-state index >= 15 is 0 Å². The van der Waals surface area contributed by atoms with Crippen molar-refractivity contribution in [1.82, 2.24) is 5.32 Å². The van der Waals surface area contributed by atoms with Crippen molar-refractivity contribution in [3.8, 4) is 0 Å². The number of carbonyl (C=O) groups excluding carboxylic acids is 2. The molecule has 0 aromatic heterocycles. The van der Waals surface area contributed by atoms with Gasteiger partial charge in [-0.3, -0.25) is 4.79 Å². The van der Waals surface area contributed by atoms with E-state index in [1.54, 1.807) is 6.07 Å². The molecule has 0 aliphatic heterocycles. The third kappa shape index (κ3) is 3.41. The van der Waals surface area contributed by atoms with Gasteiger partial charge in [-0.2, -0.15) is 0 Å². The van der Waals surface area contributed by atoms with Crippen LogP contribution in [0.5, 0.6) is 0 Å². The molecule has 4 nitrogen and oxygen atoms in total. The smallest absolute Gasteiger partial charge is 0.355 e. The highest BCUT2D eigenvalue weighted by molar-refractivity contribution is 9.15. The molecule has 0 spiro atoms. The van der Waals surface area contributed by atoms with E-state index in [4.69, 9.17) is 0 Å². The summed E-state index contributed by atoms with van der Waals surface area (Å²) in [5.41, 5.74) is 0.789. The maximum Gasteiger partial charge on any atom is 0.355 e. The Hall–Kier alpha value is -1.14. The van der Waals surface area contributed by atoms with Crippen molar-refractivity contribution < 1.29 is 14.3 Å². The number of ether oxygens (including phenoxy) is 1. The summed E-state index contributed by atoms with van der Waals surface area (Å²) in [4.78, 5) is 22.0. The molecule has 0 fully saturated rings. The van der Waals surface area contributed by atoms with Crippen LogP contribution in [0.3, 0.4) is 0 Å². The van der Waals surface area contributed by atoms with Crippen LogP contribution in [0, 0.1) is 0 Å². The Morgan fingerprint density at radius 3 is 2.59 bits per heavy atom. The Morgan fingerprint density at radius 2 is 2.06 bits per heavy atom. The van der Waals surface area contributed by atoms with Gasteiger partial charge in [0.2, 0.25) is 6.41 Å². The van der Waals surface area contributed by atoms with Crippen molar-refractivity contribution >= 4 is 48.7 Å². The molecular weight excluding hydrogens is 354 g/mol. The van der Waals surface area contributed by atoms with Crippen molar-refractivity contribution in [1.29, 1.82) is 0 Å². The summed E-state index contributed by atoms with van der Waals surface area (Å²) in [6.07, 6.45) is 0.421. The second kappa shape index (κ2) is 6.56. The highest BCUT2D eigenvalue weighted by atomic mass is 79.9. The normalized spacial score (nSPS) is 11.5. The summed E-state index contributed by atoms with van der Waals surface area (Å²) in [6.45, 7) is 0. The van der Waals surface area contributed by atoms with Crippen LogP contribution >= 0.6 is 31.9 Å². The van der Waals surface area contributed by atoms with Crippen molar-refractivity contribution in [2.75, 3.05) is 7.11 Å². The molecule has 1 amide bonds. The maximum atomic E-state index is 11.5. The molecular formula is C11H9Br2NO3. The van der Waals surface area contributed by atoms with Crippen molar-refractivity contribution in [3.63, 3.8) is 0 Å². The number of halogens is 2. The molecule has 0 heterocycles. The summed E-state index contributed by atoms with van der Waals surface area (Å²) in [5.74, 6) is -0.625. The van der Waals surface area contributed by atoms with Crippen molar-refractivity contribution in [2.24, 2.45) is 0 Å². The van der Waals surface area contributed by atoms with Crippen LogP contribution in [0.1, 0.15) is 5.56 Å². The third-order valence-corrected chi connectivity index (χ3v) is 3.44.